The summed E-state index contributed by atoms with van der Waals surface area (Å²) in [6.07, 6.45) is -0.189. The minimum atomic E-state index is -4.77. The van der Waals surface area contributed by atoms with Crippen LogP contribution in [0.1, 0.15) is 55.5 Å². The van der Waals surface area contributed by atoms with E-state index in [9.17, 15) is 23.2 Å². The van der Waals surface area contributed by atoms with Crippen LogP contribution in [0.15, 0.2) is 42.5 Å². The summed E-state index contributed by atoms with van der Waals surface area (Å²) in [5.74, 6) is 1.10. The lowest BCUT2D eigenvalue weighted by Gasteiger charge is -2.43. The lowest BCUT2D eigenvalue weighted by atomic mass is 9.60. The van der Waals surface area contributed by atoms with E-state index < -0.39 is 6.36 Å². The molecule has 1 saturated carbocycles. The van der Waals surface area contributed by atoms with Gasteiger partial charge in [-0.3, -0.25) is 4.79 Å². The molecule has 0 N–H and O–H groups in total. The number of fused-ring (bicyclic) bond motifs is 3. The van der Waals surface area contributed by atoms with Gasteiger partial charge in [0.2, 0.25) is 0 Å². The number of ketones is 1. The molecule has 7 heteroatoms. The Labute approximate surface area is 208 Å². The van der Waals surface area contributed by atoms with Crippen LogP contribution in [0.25, 0.3) is 10.9 Å². The number of Topliss-reactive ketones (excluding diaryl/α,β-unsaturated/α-hetero) is 1. The van der Waals surface area contributed by atoms with E-state index in [0.29, 0.717) is 28.7 Å². The molecule has 36 heavy (non-hydrogen) atoms. The average molecular weight is 495 g/mol. The number of carbonyl (C=O) groups excluding carboxylic acids is 1. The van der Waals surface area contributed by atoms with Gasteiger partial charge in [-0.1, -0.05) is 32.0 Å². The molecule has 0 radical (unpaired) electrons. The van der Waals surface area contributed by atoms with Gasteiger partial charge in [0, 0.05) is 34.0 Å². The maximum absolute atomic E-state index is 13.0. The molecule has 2 unspecified atom stereocenters. The Morgan fingerprint density at radius 2 is 1.94 bits per heavy atom. The Morgan fingerprint density at radius 1 is 1.17 bits per heavy atom. The van der Waals surface area contributed by atoms with Gasteiger partial charge >= 0.3 is 6.36 Å². The molecule has 1 heterocycles. The van der Waals surface area contributed by atoms with Gasteiger partial charge in [0.1, 0.15) is 11.5 Å². The van der Waals surface area contributed by atoms with E-state index in [4.69, 9.17) is 0 Å². The molecule has 5 rings (SSSR count). The fraction of sp³-hybridized carbons (Fsp3) is 0.448. The van der Waals surface area contributed by atoms with Crippen molar-refractivity contribution in [1.29, 1.82) is 5.26 Å². The summed E-state index contributed by atoms with van der Waals surface area (Å²) in [5, 5.41) is 10.5. The Balaban J connectivity index is 1.52. The smallest absolute Gasteiger partial charge is 0.405 e. The van der Waals surface area contributed by atoms with Crippen LogP contribution in [0.4, 0.5) is 13.2 Å². The normalized spacial score (nSPS) is 21.6. The first-order chi connectivity index (χ1) is 17.2. The predicted octanol–water partition coefficient (Wildman–Crippen LogP) is 6.82. The van der Waals surface area contributed by atoms with E-state index >= 15 is 0 Å². The van der Waals surface area contributed by atoms with Gasteiger partial charge in [0.15, 0.2) is 0 Å². The first-order valence-corrected chi connectivity index (χ1v) is 12.6. The second-order valence-corrected chi connectivity index (χ2v) is 10.4. The SMILES string of the molecule is CC(C)C(=O)C1CCC1[C@H]1CCc2c(c3cc(C#N)ccc3n2Cc2ccccc2OC(F)(F)F)C1. The summed E-state index contributed by atoms with van der Waals surface area (Å²) < 4.78 is 45.5. The second kappa shape index (κ2) is 9.31. The molecular weight excluding hydrogens is 465 g/mol. The lowest BCUT2D eigenvalue weighted by molar-refractivity contribution is -0.274. The minimum absolute atomic E-state index is 0.0380. The fourth-order valence-electron chi connectivity index (χ4n) is 6.19. The maximum Gasteiger partial charge on any atom is 0.573 e. The zero-order valence-electron chi connectivity index (χ0n) is 20.4. The molecule has 188 valence electrons. The van der Waals surface area contributed by atoms with Crippen molar-refractivity contribution in [2.75, 3.05) is 0 Å². The monoisotopic (exact) mass is 494 g/mol. The van der Waals surface area contributed by atoms with Crippen LogP contribution in [-0.2, 0) is 24.2 Å². The van der Waals surface area contributed by atoms with E-state index in [0.717, 1.165) is 54.3 Å². The van der Waals surface area contributed by atoms with Gasteiger partial charge in [0.25, 0.3) is 0 Å². The molecule has 0 saturated heterocycles. The summed E-state index contributed by atoms with van der Waals surface area (Å²) in [5.41, 5.74) is 4.17. The number of benzene rings is 2. The molecule has 3 atom stereocenters. The van der Waals surface area contributed by atoms with Crippen LogP contribution in [0.5, 0.6) is 5.75 Å². The zero-order chi connectivity index (χ0) is 25.6. The second-order valence-electron chi connectivity index (χ2n) is 10.4. The Hall–Kier alpha value is -3.27. The Kier molecular flexibility index (Phi) is 6.32. The summed E-state index contributed by atoms with van der Waals surface area (Å²) in [7, 11) is 0. The highest BCUT2D eigenvalue weighted by Gasteiger charge is 2.43. The van der Waals surface area contributed by atoms with Gasteiger partial charge < -0.3 is 9.30 Å². The Morgan fingerprint density at radius 3 is 2.61 bits per heavy atom. The van der Waals surface area contributed by atoms with E-state index in [1.807, 2.05) is 26.0 Å². The molecule has 0 spiro atoms. The highest BCUT2D eigenvalue weighted by Crippen LogP contribution is 2.47. The molecule has 0 bridgehead atoms. The average Bonchev–Trinajstić information content (AvgIpc) is 3.11. The first kappa shape index (κ1) is 24.4. The lowest BCUT2D eigenvalue weighted by Crippen LogP contribution is -2.41. The third-order valence-corrected chi connectivity index (χ3v) is 8.03. The maximum atomic E-state index is 13.0. The number of hydrogen-bond acceptors (Lipinski definition) is 3. The van der Waals surface area contributed by atoms with Gasteiger partial charge in [-0.2, -0.15) is 5.26 Å². The highest BCUT2D eigenvalue weighted by molar-refractivity contribution is 5.87. The predicted molar refractivity (Wildman–Crippen MR) is 130 cm³/mol. The quantitative estimate of drug-likeness (QED) is 0.378. The number of alkyl halides is 3. The summed E-state index contributed by atoms with van der Waals surface area (Å²) in [6, 6.07) is 14.0. The van der Waals surface area contributed by atoms with Crippen molar-refractivity contribution in [3.05, 3.63) is 64.8 Å². The zero-order valence-corrected chi connectivity index (χ0v) is 20.4. The highest BCUT2D eigenvalue weighted by atomic mass is 19.4. The van der Waals surface area contributed by atoms with Crippen molar-refractivity contribution in [1.82, 2.24) is 4.57 Å². The number of nitriles is 1. The molecule has 2 aromatic carbocycles. The molecule has 2 aliphatic carbocycles. The van der Waals surface area contributed by atoms with Gasteiger partial charge in [-0.15, -0.1) is 13.2 Å². The number of nitrogens with zero attached hydrogens (tertiary/aromatic N) is 2. The van der Waals surface area contributed by atoms with Crippen LogP contribution in [0.3, 0.4) is 0 Å². The molecule has 0 amide bonds. The van der Waals surface area contributed by atoms with Crippen LogP contribution in [0.2, 0.25) is 0 Å². The Bertz CT molecular complexity index is 1350. The van der Waals surface area contributed by atoms with Gasteiger partial charge in [-0.25, -0.2) is 0 Å². The molecular formula is C29H29F3N2O2. The standard InChI is InChI=1S/C29H29F3N2O2/c1-17(2)28(35)22-10-9-21(22)19-8-12-26-24(14-19)23-13-18(15-33)7-11-25(23)34(26)16-20-5-3-4-6-27(20)36-29(30,31)32/h3-7,11,13,17,19,21-22H,8-10,12,14,16H2,1-2H3/t19-,21?,22?/m0/s1. The van der Waals surface area contributed by atoms with Crippen molar-refractivity contribution >= 4 is 16.7 Å². The number of aromatic nitrogens is 1. The van der Waals surface area contributed by atoms with Crippen LogP contribution in [-0.4, -0.2) is 16.7 Å². The van der Waals surface area contributed by atoms with Crippen LogP contribution in [0, 0.1) is 35.0 Å². The van der Waals surface area contributed by atoms with E-state index in [1.54, 1.807) is 18.2 Å². The third kappa shape index (κ3) is 4.50. The molecule has 1 aromatic heterocycles. The van der Waals surface area contributed by atoms with Crippen molar-refractivity contribution < 1.29 is 22.7 Å². The summed E-state index contributed by atoms with van der Waals surface area (Å²) in [4.78, 5) is 12.7. The van der Waals surface area contributed by atoms with Crippen molar-refractivity contribution in [3.8, 4) is 11.8 Å². The van der Waals surface area contributed by atoms with Crippen molar-refractivity contribution in [2.45, 2.75) is 58.9 Å². The number of ether oxygens (including phenoxy) is 1. The first-order valence-electron chi connectivity index (χ1n) is 12.6. The topological polar surface area (TPSA) is 55.0 Å². The fourth-order valence-corrected chi connectivity index (χ4v) is 6.19. The molecule has 0 aliphatic heterocycles. The number of para-hydroxylation sites is 1. The number of halogens is 3. The number of rotatable bonds is 6. The van der Waals surface area contributed by atoms with E-state index in [-0.39, 0.29) is 24.1 Å². The summed E-state index contributed by atoms with van der Waals surface area (Å²) >= 11 is 0. The minimum Gasteiger partial charge on any atom is -0.405 e. The van der Waals surface area contributed by atoms with Gasteiger partial charge in [-0.05, 0) is 73.8 Å². The van der Waals surface area contributed by atoms with Gasteiger partial charge in [0.05, 0.1) is 18.2 Å². The van der Waals surface area contributed by atoms with Crippen molar-refractivity contribution in [3.63, 3.8) is 0 Å². The third-order valence-electron chi connectivity index (χ3n) is 8.03. The molecule has 1 fully saturated rings. The molecule has 3 aromatic rings. The summed E-state index contributed by atoms with van der Waals surface area (Å²) in [6.45, 7) is 4.18. The van der Waals surface area contributed by atoms with Crippen molar-refractivity contribution in [2.24, 2.45) is 23.7 Å². The largest absolute Gasteiger partial charge is 0.573 e. The molecule has 4 nitrogen and oxygen atoms in total. The van der Waals surface area contributed by atoms with E-state index in [2.05, 4.69) is 15.4 Å². The van der Waals surface area contributed by atoms with E-state index in [1.165, 1.54) is 12.1 Å². The number of carbonyl (C=O) groups is 1. The van der Waals surface area contributed by atoms with Crippen LogP contribution < -0.4 is 4.74 Å². The number of hydrogen-bond donors (Lipinski definition) is 0. The molecule has 2 aliphatic rings. The van der Waals surface area contributed by atoms with Crippen LogP contribution >= 0.6 is 0 Å².